The van der Waals surface area contributed by atoms with E-state index in [-0.39, 0.29) is 24.6 Å². The minimum Gasteiger partial charge on any atom is -0.491 e. The number of rotatable bonds is 8. The molecule has 0 radical (unpaired) electrons. The topological polar surface area (TPSA) is 72.7 Å². The molecule has 1 aromatic heterocycles. The Morgan fingerprint density at radius 3 is 3.04 bits per heavy atom. The molecule has 1 aliphatic rings. The molecular formula is C19H24N2O4. The van der Waals surface area contributed by atoms with Crippen LogP contribution in [0.1, 0.15) is 31.6 Å². The van der Waals surface area contributed by atoms with Gasteiger partial charge in [-0.25, -0.2) is 0 Å². The molecule has 6 nitrogen and oxygen atoms in total. The number of hydrogen-bond donors (Lipinski definition) is 2. The number of carbonyl (C=O) groups is 1. The predicted octanol–water partition coefficient (Wildman–Crippen LogP) is 3.13. The Kier molecular flexibility index (Phi) is 5.95. The van der Waals surface area contributed by atoms with Gasteiger partial charge < -0.3 is 24.5 Å². The van der Waals surface area contributed by atoms with Gasteiger partial charge in [-0.2, -0.15) is 0 Å². The first-order valence-electron chi connectivity index (χ1n) is 8.62. The van der Waals surface area contributed by atoms with Gasteiger partial charge in [-0.3, -0.25) is 4.79 Å². The molecule has 3 rings (SSSR count). The fraction of sp³-hybridized carbons (Fsp3) is 0.421. The van der Waals surface area contributed by atoms with E-state index in [9.17, 15) is 4.79 Å². The summed E-state index contributed by atoms with van der Waals surface area (Å²) in [4.78, 5) is 12.0. The minimum atomic E-state index is -0.162. The molecule has 2 heterocycles. The van der Waals surface area contributed by atoms with E-state index >= 15 is 0 Å². The standard InChI is InChI=1S/C19H24N2O4/c1-14(18-8-4-10-24-18)21-19(22)12-20-15-5-2-6-16(11-15)25-13-17-7-3-9-23-17/h2,4-6,8,10-11,14,17,20H,3,7,9,12-13H2,1H3,(H,21,22). The van der Waals surface area contributed by atoms with E-state index in [1.165, 1.54) is 0 Å². The van der Waals surface area contributed by atoms with Crippen LogP contribution in [-0.2, 0) is 9.53 Å². The zero-order chi connectivity index (χ0) is 17.5. The number of hydrogen-bond acceptors (Lipinski definition) is 5. The van der Waals surface area contributed by atoms with Crippen LogP contribution < -0.4 is 15.4 Å². The maximum absolute atomic E-state index is 12.0. The van der Waals surface area contributed by atoms with E-state index < -0.39 is 0 Å². The van der Waals surface area contributed by atoms with Crippen molar-refractivity contribution in [2.75, 3.05) is 25.1 Å². The third-order valence-electron chi connectivity index (χ3n) is 4.09. The lowest BCUT2D eigenvalue weighted by molar-refractivity contribution is -0.120. The molecule has 0 spiro atoms. The van der Waals surface area contributed by atoms with E-state index in [4.69, 9.17) is 13.9 Å². The molecule has 134 valence electrons. The van der Waals surface area contributed by atoms with Crippen molar-refractivity contribution >= 4 is 11.6 Å². The van der Waals surface area contributed by atoms with E-state index in [1.807, 2.05) is 37.3 Å². The first-order chi connectivity index (χ1) is 12.2. The first-order valence-corrected chi connectivity index (χ1v) is 8.62. The summed E-state index contributed by atoms with van der Waals surface area (Å²) in [6.07, 6.45) is 3.93. The predicted molar refractivity (Wildman–Crippen MR) is 94.7 cm³/mol. The van der Waals surface area contributed by atoms with Gasteiger partial charge in [0.25, 0.3) is 0 Å². The smallest absolute Gasteiger partial charge is 0.239 e. The van der Waals surface area contributed by atoms with Gasteiger partial charge in [0, 0.05) is 18.4 Å². The molecule has 2 atom stereocenters. The lowest BCUT2D eigenvalue weighted by Crippen LogP contribution is -2.31. The van der Waals surface area contributed by atoms with Crippen molar-refractivity contribution in [2.45, 2.75) is 31.9 Å². The van der Waals surface area contributed by atoms with Gasteiger partial charge in [0.05, 0.1) is 25.0 Å². The Hall–Kier alpha value is -2.47. The highest BCUT2D eigenvalue weighted by atomic mass is 16.5. The molecule has 2 unspecified atom stereocenters. The van der Waals surface area contributed by atoms with Gasteiger partial charge in [-0.1, -0.05) is 6.07 Å². The summed E-state index contributed by atoms with van der Waals surface area (Å²) >= 11 is 0. The van der Waals surface area contributed by atoms with Gasteiger partial charge in [-0.15, -0.1) is 0 Å². The molecule has 0 bridgehead atoms. The Morgan fingerprint density at radius 2 is 2.28 bits per heavy atom. The molecular weight excluding hydrogens is 320 g/mol. The fourth-order valence-electron chi connectivity index (χ4n) is 2.74. The van der Waals surface area contributed by atoms with Crippen molar-refractivity contribution in [1.82, 2.24) is 5.32 Å². The molecule has 1 aliphatic heterocycles. The van der Waals surface area contributed by atoms with Gasteiger partial charge in [0.2, 0.25) is 5.91 Å². The lowest BCUT2D eigenvalue weighted by atomic mass is 10.2. The Balaban J connectivity index is 1.44. The number of nitrogens with one attached hydrogen (secondary N) is 2. The summed E-state index contributed by atoms with van der Waals surface area (Å²) in [5.74, 6) is 1.40. The molecule has 0 saturated carbocycles. The summed E-state index contributed by atoms with van der Waals surface area (Å²) in [7, 11) is 0. The highest BCUT2D eigenvalue weighted by Gasteiger charge is 2.16. The number of amides is 1. The number of furan rings is 1. The number of ether oxygens (including phenoxy) is 2. The van der Waals surface area contributed by atoms with E-state index in [2.05, 4.69) is 10.6 Å². The van der Waals surface area contributed by atoms with Gasteiger partial charge in [0.1, 0.15) is 18.1 Å². The number of carbonyl (C=O) groups excluding carboxylic acids is 1. The van der Waals surface area contributed by atoms with Crippen molar-refractivity contribution in [1.29, 1.82) is 0 Å². The first kappa shape index (κ1) is 17.4. The second kappa shape index (κ2) is 8.58. The molecule has 2 N–H and O–H groups in total. The van der Waals surface area contributed by atoms with Crippen LogP contribution in [0.2, 0.25) is 0 Å². The average molecular weight is 344 g/mol. The van der Waals surface area contributed by atoms with Crippen LogP contribution >= 0.6 is 0 Å². The Labute approximate surface area is 147 Å². The van der Waals surface area contributed by atoms with Crippen LogP contribution in [-0.4, -0.2) is 31.8 Å². The third-order valence-corrected chi connectivity index (χ3v) is 4.09. The quantitative estimate of drug-likeness (QED) is 0.770. The zero-order valence-corrected chi connectivity index (χ0v) is 14.4. The Bertz CT molecular complexity index is 666. The molecule has 1 fully saturated rings. The minimum absolute atomic E-state index is 0.102. The van der Waals surface area contributed by atoms with E-state index in [1.54, 1.807) is 12.3 Å². The highest BCUT2D eigenvalue weighted by Crippen LogP contribution is 2.19. The van der Waals surface area contributed by atoms with E-state index in [0.29, 0.717) is 6.61 Å². The normalized spacial score (nSPS) is 17.9. The molecule has 25 heavy (non-hydrogen) atoms. The maximum Gasteiger partial charge on any atom is 0.239 e. The van der Waals surface area contributed by atoms with E-state index in [0.717, 1.165) is 36.6 Å². The molecule has 1 saturated heterocycles. The molecule has 1 amide bonds. The van der Waals surface area contributed by atoms with Crippen LogP contribution in [0, 0.1) is 0 Å². The third kappa shape index (κ3) is 5.26. The summed E-state index contributed by atoms with van der Waals surface area (Å²) in [6.45, 7) is 3.45. The highest BCUT2D eigenvalue weighted by molar-refractivity contribution is 5.81. The second-order valence-electron chi connectivity index (χ2n) is 6.13. The van der Waals surface area contributed by atoms with Crippen LogP contribution in [0.3, 0.4) is 0 Å². The molecule has 2 aromatic rings. The van der Waals surface area contributed by atoms with Gasteiger partial charge in [-0.05, 0) is 44.0 Å². The summed E-state index contributed by atoms with van der Waals surface area (Å²) in [5.41, 5.74) is 0.839. The van der Waals surface area contributed by atoms with Crippen molar-refractivity contribution < 1.29 is 18.7 Å². The average Bonchev–Trinajstić information content (AvgIpc) is 3.32. The largest absolute Gasteiger partial charge is 0.491 e. The zero-order valence-electron chi connectivity index (χ0n) is 14.4. The Morgan fingerprint density at radius 1 is 1.36 bits per heavy atom. The van der Waals surface area contributed by atoms with Gasteiger partial charge >= 0.3 is 0 Å². The molecule has 0 aliphatic carbocycles. The number of benzene rings is 1. The van der Waals surface area contributed by atoms with Crippen LogP contribution in [0.4, 0.5) is 5.69 Å². The van der Waals surface area contributed by atoms with Crippen molar-refractivity contribution in [2.24, 2.45) is 0 Å². The van der Waals surface area contributed by atoms with Crippen molar-refractivity contribution in [3.05, 3.63) is 48.4 Å². The lowest BCUT2D eigenvalue weighted by Gasteiger charge is -2.14. The fourth-order valence-corrected chi connectivity index (χ4v) is 2.74. The van der Waals surface area contributed by atoms with Crippen LogP contribution in [0.25, 0.3) is 0 Å². The summed E-state index contributed by atoms with van der Waals surface area (Å²) < 4.78 is 16.6. The maximum atomic E-state index is 12.0. The molecule has 1 aromatic carbocycles. The SMILES string of the molecule is CC(NC(=O)CNc1cccc(OCC2CCCO2)c1)c1ccco1. The number of anilines is 1. The van der Waals surface area contributed by atoms with Crippen molar-refractivity contribution in [3.63, 3.8) is 0 Å². The van der Waals surface area contributed by atoms with Crippen LogP contribution in [0.15, 0.2) is 47.1 Å². The van der Waals surface area contributed by atoms with Crippen molar-refractivity contribution in [3.8, 4) is 5.75 Å². The summed E-state index contributed by atoms with van der Waals surface area (Å²) in [5, 5.41) is 6.00. The second-order valence-corrected chi connectivity index (χ2v) is 6.13. The van der Waals surface area contributed by atoms with Crippen LogP contribution in [0.5, 0.6) is 5.75 Å². The molecule has 6 heteroatoms. The summed E-state index contributed by atoms with van der Waals surface area (Å²) in [6, 6.07) is 11.1. The van der Waals surface area contributed by atoms with Gasteiger partial charge in [0.15, 0.2) is 0 Å². The monoisotopic (exact) mass is 344 g/mol.